The van der Waals surface area contributed by atoms with Gasteiger partial charge in [0.1, 0.15) is 5.82 Å². The van der Waals surface area contributed by atoms with Gasteiger partial charge in [-0.25, -0.2) is 9.97 Å². The minimum absolute atomic E-state index is 0.122. The topological polar surface area (TPSA) is 83.6 Å². The number of carbonyl (C=O) groups excluding carboxylic acids is 1. The molecule has 1 saturated carbocycles. The largest absolute Gasteiger partial charge is 0.317 e. The Morgan fingerprint density at radius 3 is 3.06 bits per heavy atom. The smallest absolute Gasteiger partial charge is 0.295 e. The van der Waals surface area contributed by atoms with E-state index in [1.54, 1.807) is 18.3 Å². The molecule has 2 aromatic heterocycles. The number of hydrogen-bond acceptors (Lipinski definition) is 4. The number of halogens is 1. The summed E-state index contributed by atoms with van der Waals surface area (Å²) < 4.78 is 0. The number of amides is 1. The van der Waals surface area contributed by atoms with Gasteiger partial charge in [0, 0.05) is 12.1 Å². The summed E-state index contributed by atoms with van der Waals surface area (Å²) in [4.78, 5) is 19.9. The van der Waals surface area contributed by atoms with E-state index in [4.69, 9.17) is 11.6 Å². The van der Waals surface area contributed by atoms with E-state index >= 15 is 0 Å². The van der Waals surface area contributed by atoms with Gasteiger partial charge in [-0.15, -0.1) is 5.10 Å². The van der Waals surface area contributed by atoms with Crippen molar-refractivity contribution in [1.29, 1.82) is 0 Å². The summed E-state index contributed by atoms with van der Waals surface area (Å²) in [6.07, 6.45) is 3.76. The van der Waals surface area contributed by atoms with Crippen LogP contribution in [0.3, 0.4) is 0 Å². The Kier molecular flexibility index (Phi) is 2.71. The number of rotatable bonds is 3. The number of hydrogen-bond donors (Lipinski definition) is 2. The summed E-state index contributed by atoms with van der Waals surface area (Å²) in [6.45, 7) is 0. The van der Waals surface area contributed by atoms with Crippen LogP contribution in [0.5, 0.6) is 0 Å². The third kappa shape index (κ3) is 2.19. The fraction of sp³-hybridized carbons (Fsp3) is 0.273. The summed E-state index contributed by atoms with van der Waals surface area (Å²) >= 11 is 5.85. The first-order chi connectivity index (χ1) is 8.74. The molecule has 1 aliphatic carbocycles. The molecule has 18 heavy (non-hydrogen) atoms. The van der Waals surface area contributed by atoms with Crippen molar-refractivity contribution in [3.05, 3.63) is 35.1 Å². The third-order valence-corrected chi connectivity index (χ3v) is 2.98. The van der Waals surface area contributed by atoms with Crippen molar-refractivity contribution in [2.24, 2.45) is 0 Å². The molecule has 0 aromatic carbocycles. The first kappa shape index (κ1) is 11.2. The average molecular weight is 264 g/mol. The third-order valence-electron chi connectivity index (χ3n) is 2.68. The molecule has 2 N–H and O–H groups in total. The molecule has 2 heterocycles. The lowest BCUT2D eigenvalue weighted by atomic mass is 10.4. The Balaban J connectivity index is 1.76. The molecular formula is C11H10ClN5O. The van der Waals surface area contributed by atoms with E-state index in [0.717, 1.165) is 18.7 Å². The second-order valence-electron chi connectivity index (χ2n) is 4.11. The van der Waals surface area contributed by atoms with Crippen LogP contribution in [0, 0.1) is 0 Å². The highest BCUT2D eigenvalue weighted by atomic mass is 35.5. The Morgan fingerprint density at radius 1 is 1.50 bits per heavy atom. The average Bonchev–Trinajstić information content (AvgIpc) is 3.10. The first-order valence-electron chi connectivity index (χ1n) is 5.58. The van der Waals surface area contributed by atoms with E-state index < -0.39 is 5.91 Å². The van der Waals surface area contributed by atoms with E-state index in [2.05, 4.69) is 25.5 Å². The first-order valence-corrected chi connectivity index (χ1v) is 5.96. The molecule has 92 valence electrons. The van der Waals surface area contributed by atoms with Gasteiger partial charge in [0.15, 0.2) is 5.15 Å². The van der Waals surface area contributed by atoms with Crippen molar-refractivity contribution in [1.82, 2.24) is 20.2 Å². The SMILES string of the molecule is O=C(Nc1cccnc1Cl)c1n[nH]c(C2CC2)n1. The molecule has 0 aliphatic heterocycles. The molecule has 0 saturated heterocycles. The maximum atomic E-state index is 11.9. The summed E-state index contributed by atoms with van der Waals surface area (Å²) in [5.74, 6) is 0.934. The van der Waals surface area contributed by atoms with Crippen molar-refractivity contribution in [3.8, 4) is 0 Å². The molecule has 1 aliphatic rings. The van der Waals surface area contributed by atoms with Crippen LogP contribution in [-0.2, 0) is 0 Å². The Hall–Kier alpha value is -1.95. The summed E-state index contributed by atoms with van der Waals surface area (Å²) in [5.41, 5.74) is 0.446. The van der Waals surface area contributed by atoms with Crippen LogP contribution in [0.1, 0.15) is 35.2 Å². The zero-order valence-electron chi connectivity index (χ0n) is 9.35. The zero-order chi connectivity index (χ0) is 12.5. The number of nitrogens with zero attached hydrogens (tertiary/aromatic N) is 3. The highest BCUT2D eigenvalue weighted by Gasteiger charge is 2.28. The van der Waals surface area contributed by atoms with Gasteiger partial charge in [-0.2, -0.15) is 0 Å². The molecule has 3 rings (SSSR count). The monoisotopic (exact) mass is 263 g/mol. The van der Waals surface area contributed by atoms with Gasteiger partial charge >= 0.3 is 0 Å². The molecule has 0 spiro atoms. The fourth-order valence-corrected chi connectivity index (χ4v) is 1.74. The highest BCUT2D eigenvalue weighted by molar-refractivity contribution is 6.32. The van der Waals surface area contributed by atoms with Crippen molar-refractivity contribution in [2.75, 3.05) is 5.32 Å². The molecule has 0 unspecified atom stereocenters. The van der Waals surface area contributed by atoms with E-state index in [0.29, 0.717) is 11.6 Å². The van der Waals surface area contributed by atoms with Gasteiger partial charge in [-0.3, -0.25) is 9.89 Å². The second-order valence-corrected chi connectivity index (χ2v) is 4.47. The molecule has 2 aromatic rings. The van der Waals surface area contributed by atoms with Gasteiger partial charge in [-0.05, 0) is 25.0 Å². The van der Waals surface area contributed by atoms with Crippen LogP contribution in [0.4, 0.5) is 5.69 Å². The quantitative estimate of drug-likeness (QED) is 0.830. The summed E-state index contributed by atoms with van der Waals surface area (Å²) in [6, 6.07) is 3.36. The number of nitrogens with one attached hydrogen (secondary N) is 2. The minimum Gasteiger partial charge on any atom is -0.317 e. The highest BCUT2D eigenvalue weighted by Crippen LogP contribution is 2.37. The Labute approximate surface area is 108 Å². The number of anilines is 1. The lowest BCUT2D eigenvalue weighted by Crippen LogP contribution is -2.14. The van der Waals surface area contributed by atoms with Crippen LogP contribution in [0.2, 0.25) is 5.15 Å². The Morgan fingerprint density at radius 2 is 2.33 bits per heavy atom. The molecule has 0 radical (unpaired) electrons. The molecule has 0 bridgehead atoms. The molecule has 1 fully saturated rings. The molecule has 7 heteroatoms. The second kappa shape index (κ2) is 4.38. The molecule has 0 atom stereocenters. The molecule has 6 nitrogen and oxygen atoms in total. The lowest BCUT2D eigenvalue weighted by molar-refractivity contribution is 0.101. The van der Waals surface area contributed by atoms with Gasteiger partial charge in [0.2, 0.25) is 5.82 Å². The van der Waals surface area contributed by atoms with Crippen LogP contribution < -0.4 is 5.32 Å². The van der Waals surface area contributed by atoms with Crippen molar-refractivity contribution in [3.63, 3.8) is 0 Å². The fourth-order valence-electron chi connectivity index (χ4n) is 1.57. The van der Waals surface area contributed by atoms with Crippen LogP contribution >= 0.6 is 11.6 Å². The van der Waals surface area contributed by atoms with Gasteiger partial charge in [-0.1, -0.05) is 11.6 Å². The van der Waals surface area contributed by atoms with Gasteiger partial charge < -0.3 is 5.32 Å². The number of pyridine rings is 1. The predicted molar refractivity (Wildman–Crippen MR) is 65.6 cm³/mol. The van der Waals surface area contributed by atoms with E-state index in [1.807, 2.05) is 0 Å². The number of aromatic amines is 1. The van der Waals surface area contributed by atoms with Crippen LogP contribution in [0.15, 0.2) is 18.3 Å². The van der Waals surface area contributed by atoms with E-state index in [9.17, 15) is 4.79 Å². The Bertz CT molecular complexity index is 593. The zero-order valence-corrected chi connectivity index (χ0v) is 10.1. The number of H-pyrrole nitrogens is 1. The van der Waals surface area contributed by atoms with Crippen molar-refractivity contribution in [2.45, 2.75) is 18.8 Å². The standard InChI is InChI=1S/C11H10ClN5O/c12-8-7(2-1-5-13-8)14-11(18)10-15-9(16-17-10)6-3-4-6/h1-2,5-6H,3-4H2,(H,14,18)(H,15,16,17). The number of aromatic nitrogens is 4. The van der Waals surface area contributed by atoms with E-state index in [-0.39, 0.29) is 11.0 Å². The lowest BCUT2D eigenvalue weighted by Gasteiger charge is -2.02. The molecule has 1 amide bonds. The van der Waals surface area contributed by atoms with Crippen LogP contribution in [-0.4, -0.2) is 26.1 Å². The summed E-state index contributed by atoms with van der Waals surface area (Å²) in [5, 5.41) is 9.53. The predicted octanol–water partition coefficient (Wildman–Crippen LogP) is 1.98. The summed E-state index contributed by atoms with van der Waals surface area (Å²) in [7, 11) is 0. The van der Waals surface area contributed by atoms with Crippen molar-refractivity contribution < 1.29 is 4.79 Å². The molecular weight excluding hydrogens is 254 g/mol. The van der Waals surface area contributed by atoms with Gasteiger partial charge in [0.25, 0.3) is 5.91 Å². The maximum absolute atomic E-state index is 11.9. The maximum Gasteiger partial charge on any atom is 0.295 e. The van der Waals surface area contributed by atoms with E-state index in [1.165, 1.54) is 0 Å². The minimum atomic E-state index is -0.395. The van der Waals surface area contributed by atoms with Crippen molar-refractivity contribution >= 4 is 23.2 Å². The van der Waals surface area contributed by atoms with Gasteiger partial charge in [0.05, 0.1) is 5.69 Å². The number of carbonyl (C=O) groups is 1. The normalized spacial score (nSPS) is 14.5. The van der Waals surface area contributed by atoms with Crippen LogP contribution in [0.25, 0.3) is 0 Å².